The summed E-state index contributed by atoms with van der Waals surface area (Å²) in [6, 6.07) is 19.5. The number of methoxy groups -OCH3 is 1. The molecule has 11 heteroatoms. The average Bonchev–Trinajstić information content (AvgIpc) is 2.90. The van der Waals surface area contributed by atoms with Crippen LogP contribution >= 0.6 is 10.3 Å². The Morgan fingerprint density at radius 3 is 1.42 bits per heavy atom. The summed E-state index contributed by atoms with van der Waals surface area (Å²) in [4.78, 5) is -0.969. The minimum absolute atomic E-state index is 0.346. The van der Waals surface area contributed by atoms with Gasteiger partial charge in [0.2, 0.25) is 10.7 Å². The second-order valence-corrected chi connectivity index (χ2v) is 12.8. The van der Waals surface area contributed by atoms with Crippen molar-refractivity contribution in [2.75, 3.05) is 7.11 Å². The Morgan fingerprint density at radius 2 is 1.03 bits per heavy atom. The number of hydrogen-bond donors (Lipinski definition) is 0. The van der Waals surface area contributed by atoms with E-state index in [-0.39, 0.29) is 0 Å². The maximum atomic E-state index is 14.7. The Hall–Kier alpha value is -3.41. The molecule has 0 spiro atoms. The summed E-state index contributed by atoms with van der Waals surface area (Å²) >= 11 is 0. The predicted molar refractivity (Wildman–Crippen MR) is 134 cm³/mol. The van der Waals surface area contributed by atoms with E-state index in [1.807, 2.05) is 0 Å². The lowest BCUT2D eigenvalue weighted by Crippen LogP contribution is -2.22. The van der Waals surface area contributed by atoms with E-state index in [1.54, 1.807) is 86.6 Å². The Labute approximate surface area is 218 Å². The van der Waals surface area contributed by atoms with Crippen molar-refractivity contribution in [3.63, 3.8) is 0 Å². The lowest BCUT2D eigenvalue weighted by Gasteiger charge is -2.35. The van der Waals surface area contributed by atoms with Crippen molar-refractivity contribution in [1.29, 1.82) is 0 Å². The van der Waals surface area contributed by atoms with Crippen molar-refractivity contribution in [1.82, 2.24) is 0 Å². The molecule has 0 radical (unpaired) electrons. The summed E-state index contributed by atoms with van der Waals surface area (Å²) in [5.41, 5.74) is 1.24. The van der Waals surface area contributed by atoms with Crippen LogP contribution in [-0.4, -0.2) is 19.2 Å². The van der Waals surface area contributed by atoms with E-state index in [0.29, 0.717) is 31.6 Å². The SMILES string of the molecule is COc1c(C)cc(S([OH+]S(=O)(=O)c2c(F)c(F)c(F)c(F)c2F)(c2ccccc2)c2ccccc2)cc1C. The summed E-state index contributed by atoms with van der Waals surface area (Å²) < 4.78 is 108. The quantitative estimate of drug-likeness (QED) is 0.0754. The normalized spacial score (nSPS) is 12.4. The first-order chi connectivity index (χ1) is 18.0. The molecule has 0 aliphatic carbocycles. The molecule has 38 heavy (non-hydrogen) atoms. The number of hydrogen-bond acceptors (Lipinski definition) is 3. The topological polar surface area (TPSA) is 56.2 Å². The molecule has 0 aromatic heterocycles. The molecule has 4 aromatic carbocycles. The zero-order chi connectivity index (χ0) is 27.8. The molecule has 1 N–H and O–H groups in total. The Balaban J connectivity index is 2.12. The Kier molecular flexibility index (Phi) is 7.55. The largest absolute Gasteiger partial charge is 0.496 e. The maximum absolute atomic E-state index is 14.7. The van der Waals surface area contributed by atoms with Crippen LogP contribution < -0.4 is 4.74 Å². The Morgan fingerprint density at radius 1 is 0.632 bits per heavy atom. The molecule has 200 valence electrons. The van der Waals surface area contributed by atoms with E-state index in [4.69, 9.17) is 4.74 Å². The predicted octanol–water partition coefficient (Wildman–Crippen LogP) is 7.69. The standard InChI is InChI=1S/C27H21F5O4S2/c1-16-14-20(15-17(2)26(16)35-3)37(18-10-6-4-7-11-18,19-12-8-5-9-13-19)36-38(33,34)27-24(31)22(29)21(28)23(30)25(27)32/h4-15H,1-3H3/p+1. The molecule has 4 aromatic rings. The van der Waals surface area contributed by atoms with Crippen molar-refractivity contribution in [2.24, 2.45) is 0 Å². The van der Waals surface area contributed by atoms with E-state index in [2.05, 4.69) is 3.63 Å². The van der Waals surface area contributed by atoms with Crippen LogP contribution in [-0.2, 0) is 10.1 Å². The molecule has 0 aliphatic heterocycles. The molecule has 4 rings (SSSR count). The van der Waals surface area contributed by atoms with Crippen molar-refractivity contribution in [3.8, 4) is 5.75 Å². The first-order valence-electron chi connectivity index (χ1n) is 11.0. The van der Waals surface area contributed by atoms with Crippen LogP contribution in [0.4, 0.5) is 22.0 Å². The zero-order valence-corrected chi connectivity index (χ0v) is 21.9. The molecule has 0 unspecified atom stereocenters. The number of ether oxygens (including phenoxy) is 1. The van der Waals surface area contributed by atoms with Crippen molar-refractivity contribution < 1.29 is 38.7 Å². The summed E-state index contributed by atoms with van der Waals surface area (Å²) in [6.07, 6.45) is 0. The number of benzene rings is 4. The highest BCUT2D eigenvalue weighted by molar-refractivity contribution is 8.32. The monoisotopic (exact) mass is 569 g/mol. The molecule has 0 heterocycles. The van der Waals surface area contributed by atoms with Gasteiger partial charge in [-0.2, -0.15) is 0 Å². The van der Waals surface area contributed by atoms with Gasteiger partial charge < -0.3 is 4.74 Å². The molecular formula is C27H22F5O4S2+. The fraction of sp³-hybridized carbons (Fsp3) is 0.111. The van der Waals surface area contributed by atoms with E-state index < -0.39 is 54.4 Å². The molecule has 0 bridgehead atoms. The van der Waals surface area contributed by atoms with E-state index in [0.717, 1.165) is 0 Å². The number of halogens is 5. The van der Waals surface area contributed by atoms with Crippen LogP contribution in [0.5, 0.6) is 5.75 Å². The third-order valence-corrected chi connectivity index (χ3v) is 11.2. The van der Waals surface area contributed by atoms with Crippen LogP contribution in [0, 0.1) is 42.9 Å². The minimum atomic E-state index is -5.49. The zero-order valence-electron chi connectivity index (χ0n) is 20.3. The van der Waals surface area contributed by atoms with E-state index >= 15 is 0 Å². The lowest BCUT2D eigenvalue weighted by molar-refractivity contribution is 0.338. The summed E-state index contributed by atoms with van der Waals surface area (Å²) in [5.74, 6) is -11.7. The molecule has 0 aliphatic rings. The molecule has 0 amide bonds. The second kappa shape index (κ2) is 10.4. The number of rotatable bonds is 7. The fourth-order valence-corrected chi connectivity index (χ4v) is 9.92. The van der Waals surface area contributed by atoms with Crippen molar-refractivity contribution in [3.05, 3.63) is 113 Å². The minimum Gasteiger partial charge on any atom is -0.496 e. The van der Waals surface area contributed by atoms with Gasteiger partial charge in [-0.3, -0.25) is 3.63 Å². The van der Waals surface area contributed by atoms with Gasteiger partial charge in [-0.05, 0) is 61.4 Å². The average molecular weight is 570 g/mol. The van der Waals surface area contributed by atoms with Crippen molar-refractivity contribution >= 4 is 20.4 Å². The maximum Gasteiger partial charge on any atom is 0.428 e. The van der Waals surface area contributed by atoms with Gasteiger partial charge in [-0.25, -0.2) is 22.0 Å². The summed E-state index contributed by atoms with van der Waals surface area (Å²) in [7, 11) is -7.29. The van der Waals surface area contributed by atoms with Gasteiger partial charge in [0.15, 0.2) is 23.3 Å². The van der Waals surface area contributed by atoms with Gasteiger partial charge in [-0.15, -0.1) is 8.42 Å². The third kappa shape index (κ3) is 4.55. The highest BCUT2D eigenvalue weighted by atomic mass is 32.3. The number of aryl methyl sites for hydroxylation is 2. The van der Waals surface area contributed by atoms with Gasteiger partial charge in [0.25, 0.3) is 0 Å². The van der Waals surface area contributed by atoms with Gasteiger partial charge in [0, 0.05) is 0 Å². The second-order valence-electron chi connectivity index (χ2n) is 8.25. The third-order valence-electron chi connectivity index (χ3n) is 5.79. The van der Waals surface area contributed by atoms with Crippen LogP contribution in [0.2, 0.25) is 0 Å². The van der Waals surface area contributed by atoms with Gasteiger partial charge in [-0.1, -0.05) is 36.4 Å². The van der Waals surface area contributed by atoms with Crippen molar-refractivity contribution in [2.45, 2.75) is 33.4 Å². The lowest BCUT2D eigenvalue weighted by atomic mass is 10.1. The molecule has 0 fully saturated rings. The molecule has 0 atom stereocenters. The fourth-order valence-electron chi connectivity index (χ4n) is 4.17. The Bertz CT molecular complexity index is 1520. The molecular weight excluding hydrogens is 547 g/mol. The first kappa shape index (κ1) is 27.6. The molecule has 4 nitrogen and oxygen atoms in total. The highest BCUT2D eigenvalue weighted by Gasteiger charge is 2.47. The first-order valence-corrected chi connectivity index (χ1v) is 14.1. The van der Waals surface area contributed by atoms with Crippen LogP contribution in [0.3, 0.4) is 0 Å². The van der Waals surface area contributed by atoms with E-state index in [9.17, 15) is 30.4 Å². The van der Waals surface area contributed by atoms with Crippen LogP contribution in [0.15, 0.2) is 92.4 Å². The van der Waals surface area contributed by atoms with Gasteiger partial charge in [0.1, 0.15) is 5.75 Å². The highest BCUT2D eigenvalue weighted by Crippen LogP contribution is 2.69. The smallest absolute Gasteiger partial charge is 0.428 e. The van der Waals surface area contributed by atoms with E-state index in [1.165, 1.54) is 7.11 Å². The summed E-state index contributed by atoms with van der Waals surface area (Å²) in [5, 5.41) is 0. The molecule has 0 saturated heterocycles. The summed E-state index contributed by atoms with van der Waals surface area (Å²) in [6.45, 7) is 3.46. The van der Waals surface area contributed by atoms with Crippen LogP contribution in [0.25, 0.3) is 0 Å². The molecule has 0 saturated carbocycles. The van der Waals surface area contributed by atoms with Gasteiger partial charge >= 0.3 is 10.1 Å². The van der Waals surface area contributed by atoms with Crippen LogP contribution in [0.1, 0.15) is 11.1 Å². The van der Waals surface area contributed by atoms with Gasteiger partial charge in [0.05, 0.1) is 32.1 Å².